The van der Waals surface area contributed by atoms with E-state index in [1.807, 2.05) is 0 Å². The van der Waals surface area contributed by atoms with Crippen molar-refractivity contribution in [3.63, 3.8) is 0 Å². The van der Waals surface area contributed by atoms with Gasteiger partial charge in [-0.1, -0.05) is 0 Å². The Morgan fingerprint density at radius 1 is 1.05 bits per heavy atom. The largest absolute Gasteiger partial charge is 0.450 e. The predicted molar refractivity (Wildman–Crippen MR) is 74.9 cm³/mol. The van der Waals surface area contributed by atoms with Gasteiger partial charge in [0.25, 0.3) is 0 Å². The number of rotatable bonds is 3. The van der Waals surface area contributed by atoms with E-state index in [1.165, 1.54) is 12.1 Å². The van der Waals surface area contributed by atoms with Gasteiger partial charge in [0.1, 0.15) is 17.4 Å². The van der Waals surface area contributed by atoms with E-state index < -0.39 is 22.2 Å². The Kier molecular flexibility index (Phi) is 4.34. The minimum atomic E-state index is -0.702. The number of nitrogens with zero attached hydrogens (tertiary/aromatic N) is 1. The van der Waals surface area contributed by atoms with Crippen LogP contribution < -0.4 is 4.74 Å². The molecule has 0 aliphatic rings. The van der Waals surface area contributed by atoms with Gasteiger partial charge in [0, 0.05) is 12.1 Å². The van der Waals surface area contributed by atoms with Gasteiger partial charge in [-0.15, -0.1) is 0 Å². The van der Waals surface area contributed by atoms with Crippen LogP contribution in [0.4, 0.5) is 14.5 Å². The maximum atomic E-state index is 13.5. The van der Waals surface area contributed by atoms with Crippen molar-refractivity contribution in [2.75, 3.05) is 0 Å². The number of ether oxygens (including phenoxy) is 1. The molecule has 2 aromatic rings. The molecule has 0 saturated heterocycles. The molecule has 0 saturated carbocycles. The highest BCUT2D eigenvalue weighted by Crippen LogP contribution is 2.36. The predicted octanol–water partition coefficient (Wildman–Crippen LogP) is 5.19. The third kappa shape index (κ3) is 3.13. The molecule has 0 atom stereocenters. The van der Waals surface area contributed by atoms with Crippen molar-refractivity contribution < 1.29 is 18.4 Å². The van der Waals surface area contributed by atoms with Crippen molar-refractivity contribution >= 4 is 37.5 Å². The Morgan fingerprint density at radius 2 is 1.70 bits per heavy atom. The van der Waals surface area contributed by atoms with Crippen molar-refractivity contribution in [3.8, 4) is 11.5 Å². The van der Waals surface area contributed by atoms with Crippen molar-refractivity contribution in [1.29, 1.82) is 0 Å². The van der Waals surface area contributed by atoms with Crippen molar-refractivity contribution in [2.24, 2.45) is 0 Å². The summed E-state index contributed by atoms with van der Waals surface area (Å²) in [5.74, 6) is -1.34. The first-order valence-corrected chi connectivity index (χ1v) is 6.73. The van der Waals surface area contributed by atoms with E-state index in [4.69, 9.17) is 4.74 Å². The van der Waals surface area contributed by atoms with E-state index in [0.29, 0.717) is 0 Å². The maximum Gasteiger partial charge on any atom is 0.312 e. The molecule has 8 heteroatoms. The summed E-state index contributed by atoms with van der Waals surface area (Å²) < 4.78 is 31.9. The second-order valence-corrected chi connectivity index (χ2v) is 5.38. The van der Waals surface area contributed by atoms with Crippen LogP contribution in [0.1, 0.15) is 0 Å². The molecule has 20 heavy (non-hydrogen) atoms. The van der Waals surface area contributed by atoms with Crippen LogP contribution in [-0.2, 0) is 0 Å². The zero-order valence-electron chi connectivity index (χ0n) is 9.57. The molecule has 0 aliphatic heterocycles. The first-order valence-electron chi connectivity index (χ1n) is 5.15. The van der Waals surface area contributed by atoms with Crippen molar-refractivity contribution in [3.05, 3.63) is 61.0 Å². The minimum absolute atomic E-state index is 0.0446. The highest BCUT2D eigenvalue weighted by Gasteiger charge is 2.19. The van der Waals surface area contributed by atoms with Gasteiger partial charge < -0.3 is 4.74 Å². The van der Waals surface area contributed by atoms with Gasteiger partial charge >= 0.3 is 5.69 Å². The molecule has 2 aromatic carbocycles. The molecule has 0 radical (unpaired) electrons. The fourth-order valence-corrected chi connectivity index (χ4v) is 2.10. The highest BCUT2D eigenvalue weighted by molar-refractivity contribution is 9.10. The van der Waals surface area contributed by atoms with Gasteiger partial charge in [0.15, 0.2) is 0 Å². The van der Waals surface area contributed by atoms with E-state index in [1.54, 1.807) is 0 Å². The van der Waals surface area contributed by atoms with E-state index in [0.717, 1.165) is 18.2 Å². The van der Waals surface area contributed by atoms with Crippen LogP contribution in [0.25, 0.3) is 0 Å². The Hall–Kier alpha value is -1.54. The lowest BCUT2D eigenvalue weighted by Gasteiger charge is -2.08. The summed E-state index contributed by atoms with van der Waals surface area (Å²) in [5, 5.41) is 10.9. The zero-order valence-corrected chi connectivity index (χ0v) is 12.7. The third-order valence-electron chi connectivity index (χ3n) is 2.32. The molecule has 0 N–H and O–H groups in total. The van der Waals surface area contributed by atoms with Crippen LogP contribution in [0.15, 0.2) is 39.3 Å². The monoisotopic (exact) mass is 407 g/mol. The van der Waals surface area contributed by atoms with Crippen molar-refractivity contribution in [2.45, 2.75) is 0 Å². The molecule has 2 rings (SSSR count). The van der Waals surface area contributed by atoms with Crippen LogP contribution in [-0.4, -0.2) is 4.92 Å². The summed E-state index contributed by atoms with van der Waals surface area (Å²) in [6.07, 6.45) is 0. The van der Waals surface area contributed by atoms with Crippen LogP contribution in [0.3, 0.4) is 0 Å². The lowest BCUT2D eigenvalue weighted by Crippen LogP contribution is -1.95. The third-order valence-corrected chi connectivity index (χ3v) is 3.53. The van der Waals surface area contributed by atoms with Gasteiger partial charge in [-0.05, 0) is 50.1 Å². The van der Waals surface area contributed by atoms with E-state index >= 15 is 0 Å². The number of hydrogen-bond donors (Lipinski definition) is 0. The van der Waals surface area contributed by atoms with Gasteiger partial charge in [0.05, 0.1) is 13.9 Å². The molecule has 104 valence electrons. The Bertz CT molecular complexity index is 695. The summed E-state index contributed by atoms with van der Waals surface area (Å²) in [5.41, 5.74) is -0.404. The van der Waals surface area contributed by atoms with E-state index in [9.17, 15) is 18.9 Å². The molecule has 4 nitrogen and oxygen atoms in total. The van der Waals surface area contributed by atoms with E-state index in [-0.39, 0.29) is 20.4 Å². The zero-order chi connectivity index (χ0) is 14.9. The minimum Gasteiger partial charge on any atom is -0.450 e. The SMILES string of the molecule is O=[N+]([O-])c1cc(Br)c(F)cc1Oc1ccc(F)c(Br)c1. The summed E-state index contributed by atoms with van der Waals surface area (Å²) in [4.78, 5) is 10.2. The summed E-state index contributed by atoms with van der Waals surface area (Å²) in [6.45, 7) is 0. The Balaban J connectivity index is 2.44. The van der Waals surface area contributed by atoms with Gasteiger partial charge in [0.2, 0.25) is 5.75 Å². The summed E-state index contributed by atoms with van der Waals surface area (Å²) in [6, 6.07) is 5.59. The standard InChI is InChI=1S/C12H5Br2F2NO3/c13-7-3-6(1-2-9(7)15)20-12-5-10(16)8(14)4-11(12)17(18)19/h1-5H. The topological polar surface area (TPSA) is 52.4 Å². The molecule has 0 heterocycles. The maximum absolute atomic E-state index is 13.5. The van der Waals surface area contributed by atoms with Crippen LogP contribution >= 0.6 is 31.9 Å². The fourth-order valence-electron chi connectivity index (χ4n) is 1.41. The number of hydrogen-bond acceptors (Lipinski definition) is 3. The normalized spacial score (nSPS) is 10.4. The summed E-state index contributed by atoms with van der Waals surface area (Å²) in [7, 11) is 0. The molecule has 0 aliphatic carbocycles. The smallest absolute Gasteiger partial charge is 0.312 e. The quantitative estimate of drug-likeness (QED) is 0.518. The lowest BCUT2D eigenvalue weighted by atomic mass is 10.3. The van der Waals surface area contributed by atoms with Crippen LogP contribution in [0.5, 0.6) is 11.5 Å². The number of nitro groups is 1. The van der Waals surface area contributed by atoms with Crippen LogP contribution in [0.2, 0.25) is 0 Å². The molecule has 0 unspecified atom stereocenters. The highest BCUT2D eigenvalue weighted by atomic mass is 79.9. The van der Waals surface area contributed by atoms with Crippen molar-refractivity contribution in [1.82, 2.24) is 0 Å². The van der Waals surface area contributed by atoms with E-state index in [2.05, 4.69) is 31.9 Å². The molecule has 0 spiro atoms. The molecular formula is C12H5Br2F2NO3. The lowest BCUT2D eigenvalue weighted by molar-refractivity contribution is -0.385. The van der Waals surface area contributed by atoms with Gasteiger partial charge in [-0.25, -0.2) is 8.78 Å². The number of halogens is 4. The number of nitro benzene ring substituents is 1. The molecule has 0 aromatic heterocycles. The molecule has 0 amide bonds. The second-order valence-electron chi connectivity index (χ2n) is 3.67. The first kappa shape index (κ1) is 14.9. The molecule has 0 bridgehead atoms. The average Bonchev–Trinajstić information content (AvgIpc) is 2.37. The van der Waals surface area contributed by atoms with Crippen LogP contribution in [0, 0.1) is 21.7 Å². The molecule has 0 fully saturated rings. The van der Waals surface area contributed by atoms with Gasteiger partial charge in [-0.2, -0.15) is 0 Å². The Morgan fingerprint density at radius 3 is 2.30 bits per heavy atom. The first-order chi connectivity index (χ1) is 9.38. The second kappa shape index (κ2) is 5.84. The fraction of sp³-hybridized carbons (Fsp3) is 0. The molecular weight excluding hydrogens is 404 g/mol. The average molecular weight is 409 g/mol. The van der Waals surface area contributed by atoms with Gasteiger partial charge in [-0.3, -0.25) is 10.1 Å². The Labute approximate surface area is 128 Å². The number of benzene rings is 2. The summed E-state index contributed by atoms with van der Waals surface area (Å²) >= 11 is 5.83.